The molecule has 13 heteroatoms. The molecule has 0 radical (unpaired) electrons. The minimum absolute atomic E-state index is 0.109. The smallest absolute Gasteiger partial charge is 0.336 e. The zero-order valence-electron chi connectivity index (χ0n) is 31.8. The van der Waals surface area contributed by atoms with Crippen LogP contribution in [-0.4, -0.2) is 79.8 Å². The third-order valence-electron chi connectivity index (χ3n) is 10.5. The van der Waals surface area contributed by atoms with E-state index in [1.54, 1.807) is 21.8 Å². The van der Waals surface area contributed by atoms with Gasteiger partial charge in [-0.3, -0.25) is 14.2 Å². The molecule has 1 aliphatic heterocycles. The van der Waals surface area contributed by atoms with Gasteiger partial charge in [0.2, 0.25) is 0 Å². The fourth-order valence-corrected chi connectivity index (χ4v) is 8.14. The van der Waals surface area contributed by atoms with Gasteiger partial charge in [0.05, 0.1) is 40.5 Å². The number of halogens is 2. The van der Waals surface area contributed by atoms with E-state index in [1.165, 1.54) is 0 Å². The summed E-state index contributed by atoms with van der Waals surface area (Å²) in [5.74, 6) is -0.519. The van der Waals surface area contributed by atoms with Crippen molar-refractivity contribution in [1.82, 2.24) is 29.0 Å². The number of carbonyl (C=O) groups is 2. The van der Waals surface area contributed by atoms with E-state index >= 15 is 4.79 Å². The van der Waals surface area contributed by atoms with Crippen molar-refractivity contribution in [1.29, 1.82) is 0 Å². The van der Waals surface area contributed by atoms with Crippen molar-refractivity contribution in [3.8, 4) is 16.9 Å². The number of aromatic carboxylic acids is 1. The summed E-state index contributed by atoms with van der Waals surface area (Å²) in [7, 11) is 5.88. The van der Waals surface area contributed by atoms with Crippen molar-refractivity contribution >= 4 is 62.6 Å². The summed E-state index contributed by atoms with van der Waals surface area (Å²) in [5.41, 5.74) is 9.04. The number of ether oxygens (including phenoxy) is 1. The second kappa shape index (κ2) is 14.8. The lowest BCUT2D eigenvalue weighted by atomic mass is 9.98. The Morgan fingerprint density at radius 1 is 0.981 bits per heavy atom. The largest absolute Gasteiger partial charge is 0.494 e. The SMILES string of the molecule is Cc1cc(OCCCc2c3n(c4c(-c5c(C)nn(C)c5C)c(Cl)ccc24)CCCN(c2cc(C(=O)O)c4cn(CCN(C)C)nc4c2)C3=O)cc(C)c1Cl. The molecule has 1 amide bonds. The normalized spacial score (nSPS) is 13.4. The molecule has 0 unspecified atom stereocenters. The Labute approximate surface area is 324 Å². The summed E-state index contributed by atoms with van der Waals surface area (Å²) in [6.45, 7) is 10.7. The van der Waals surface area contributed by atoms with Crippen LogP contribution in [0.2, 0.25) is 10.0 Å². The van der Waals surface area contributed by atoms with Crippen LogP contribution in [0.5, 0.6) is 5.75 Å². The third-order valence-corrected chi connectivity index (χ3v) is 11.4. The van der Waals surface area contributed by atoms with E-state index in [0.717, 1.165) is 67.4 Å². The number of nitrogens with zero attached hydrogens (tertiary/aromatic N) is 7. The minimum Gasteiger partial charge on any atom is -0.494 e. The van der Waals surface area contributed by atoms with Gasteiger partial charge in [0.1, 0.15) is 11.4 Å². The predicted molar refractivity (Wildman–Crippen MR) is 215 cm³/mol. The molecule has 0 atom stereocenters. The average Bonchev–Trinajstić information content (AvgIpc) is 3.71. The van der Waals surface area contributed by atoms with Crippen LogP contribution in [-0.2, 0) is 26.6 Å². The number of rotatable bonds is 11. The van der Waals surface area contributed by atoms with Crippen LogP contribution in [0.1, 0.15) is 61.8 Å². The topological polar surface area (TPSA) is 111 Å². The zero-order valence-corrected chi connectivity index (χ0v) is 33.3. The van der Waals surface area contributed by atoms with Gasteiger partial charge >= 0.3 is 5.97 Å². The number of anilines is 1. The quantitative estimate of drug-likeness (QED) is 0.132. The van der Waals surface area contributed by atoms with E-state index in [1.807, 2.05) is 88.8 Å². The van der Waals surface area contributed by atoms with E-state index < -0.39 is 5.97 Å². The number of amides is 1. The Hall–Kier alpha value is -4.84. The first-order valence-corrected chi connectivity index (χ1v) is 19.0. The van der Waals surface area contributed by atoms with E-state index in [2.05, 4.69) is 4.57 Å². The maximum absolute atomic E-state index is 15.1. The van der Waals surface area contributed by atoms with Gasteiger partial charge in [-0.05, 0) is 108 Å². The number of hydrogen-bond acceptors (Lipinski definition) is 6. The summed E-state index contributed by atoms with van der Waals surface area (Å²) >= 11 is 13.5. The number of aromatic nitrogens is 5. The molecule has 4 heterocycles. The van der Waals surface area contributed by atoms with Crippen molar-refractivity contribution < 1.29 is 19.4 Å². The van der Waals surface area contributed by atoms with Gasteiger partial charge in [0, 0.05) is 71.2 Å². The number of carboxylic acids is 1. The second-order valence-corrected chi connectivity index (χ2v) is 15.3. The highest BCUT2D eigenvalue weighted by atomic mass is 35.5. The van der Waals surface area contributed by atoms with Crippen LogP contribution < -0.4 is 9.64 Å². The number of benzene rings is 3. The highest BCUT2D eigenvalue weighted by Crippen LogP contribution is 2.43. The molecule has 7 rings (SSSR count). The lowest BCUT2D eigenvalue weighted by Crippen LogP contribution is -2.32. The molecule has 3 aromatic carbocycles. The van der Waals surface area contributed by atoms with Crippen LogP contribution in [0.3, 0.4) is 0 Å². The maximum atomic E-state index is 15.1. The van der Waals surface area contributed by atoms with Gasteiger partial charge in [-0.15, -0.1) is 0 Å². The lowest BCUT2D eigenvalue weighted by Gasteiger charge is -2.22. The number of carboxylic acid groups (broad SMARTS) is 1. The van der Waals surface area contributed by atoms with Gasteiger partial charge in [-0.25, -0.2) is 4.79 Å². The number of carbonyl (C=O) groups excluding carboxylic acids is 1. The first kappa shape index (κ1) is 37.5. The first-order valence-electron chi connectivity index (χ1n) is 18.2. The average molecular weight is 771 g/mol. The Kier molecular flexibility index (Phi) is 10.2. The zero-order chi connectivity index (χ0) is 38.6. The Morgan fingerprint density at radius 3 is 2.39 bits per heavy atom. The molecule has 6 aromatic rings. The van der Waals surface area contributed by atoms with Crippen molar-refractivity contribution in [2.45, 2.75) is 60.0 Å². The van der Waals surface area contributed by atoms with Crippen molar-refractivity contribution in [3.63, 3.8) is 0 Å². The number of hydrogen-bond donors (Lipinski definition) is 1. The molecule has 1 N–H and O–H groups in total. The maximum Gasteiger partial charge on any atom is 0.336 e. The molecule has 54 heavy (non-hydrogen) atoms. The molecule has 0 fully saturated rings. The summed E-state index contributed by atoms with van der Waals surface area (Å²) < 4.78 is 12.0. The van der Waals surface area contributed by atoms with Gasteiger partial charge in [0.15, 0.2) is 0 Å². The van der Waals surface area contributed by atoms with Crippen LogP contribution >= 0.6 is 23.2 Å². The van der Waals surface area contributed by atoms with Crippen molar-refractivity contribution in [3.05, 3.63) is 92.0 Å². The lowest BCUT2D eigenvalue weighted by molar-refractivity contribution is 0.0698. The van der Waals surface area contributed by atoms with Gasteiger partial charge in [-0.1, -0.05) is 29.3 Å². The van der Waals surface area contributed by atoms with E-state index in [4.69, 9.17) is 38.1 Å². The molecule has 0 bridgehead atoms. The number of likely N-dealkylation sites (N-methyl/N-ethyl adjacent to an activating group) is 1. The highest BCUT2D eigenvalue weighted by Gasteiger charge is 2.33. The molecule has 3 aromatic heterocycles. The second-order valence-electron chi connectivity index (χ2n) is 14.5. The summed E-state index contributed by atoms with van der Waals surface area (Å²) in [5, 5.41) is 22.6. The number of fused-ring (bicyclic) bond motifs is 4. The fourth-order valence-electron chi connectivity index (χ4n) is 7.79. The Morgan fingerprint density at radius 2 is 1.72 bits per heavy atom. The summed E-state index contributed by atoms with van der Waals surface area (Å²) in [6.07, 6.45) is 3.61. The van der Waals surface area contributed by atoms with Crippen molar-refractivity contribution in [2.24, 2.45) is 7.05 Å². The minimum atomic E-state index is -1.07. The number of aryl methyl sites for hydroxylation is 6. The van der Waals surface area contributed by atoms with E-state index in [9.17, 15) is 9.90 Å². The highest BCUT2D eigenvalue weighted by molar-refractivity contribution is 6.35. The van der Waals surface area contributed by atoms with Crippen molar-refractivity contribution in [2.75, 3.05) is 38.7 Å². The molecular weight excluding hydrogens is 725 g/mol. The molecule has 11 nitrogen and oxygen atoms in total. The predicted octanol–water partition coefficient (Wildman–Crippen LogP) is 8.25. The molecule has 0 saturated carbocycles. The Bertz CT molecular complexity index is 2440. The van der Waals surface area contributed by atoms with E-state index in [-0.39, 0.29) is 11.5 Å². The molecule has 282 valence electrons. The summed E-state index contributed by atoms with van der Waals surface area (Å²) in [6, 6.07) is 11.2. The molecule has 0 aliphatic carbocycles. The standard InChI is InChI=1S/C41H45Cl2N7O4/c1-23-18-28(19-24(2)37(23)43)54-17-8-10-29-30-11-12-33(42)36(35-25(3)44-47(7)26(35)4)38(30)50-14-9-13-49(40(51)39(29)50)27-20-31(41(52)53)32-22-48(16-15-46(5)6)45-34(32)21-27/h11-12,18-22H,8-10,13-17H2,1-7H3,(H,52,53). The van der Waals surface area contributed by atoms with Gasteiger partial charge in [0.25, 0.3) is 5.91 Å². The van der Waals surface area contributed by atoms with Crippen LogP contribution in [0.4, 0.5) is 5.69 Å². The molecular formula is C41H45Cl2N7O4. The molecule has 1 aliphatic rings. The Balaban J connectivity index is 1.34. The van der Waals surface area contributed by atoms with Gasteiger partial charge in [-0.2, -0.15) is 10.2 Å². The molecule has 0 saturated heterocycles. The van der Waals surface area contributed by atoms with Gasteiger partial charge < -0.3 is 24.2 Å². The van der Waals surface area contributed by atoms with Crippen LogP contribution in [0.25, 0.3) is 32.9 Å². The monoisotopic (exact) mass is 769 g/mol. The first-order chi connectivity index (χ1) is 25.7. The third kappa shape index (κ3) is 6.73. The van der Waals surface area contributed by atoms with Crippen LogP contribution in [0, 0.1) is 27.7 Å². The molecule has 0 spiro atoms. The van der Waals surface area contributed by atoms with E-state index in [0.29, 0.717) is 72.8 Å². The fraction of sp³-hybridized carbons (Fsp3) is 0.366. The summed E-state index contributed by atoms with van der Waals surface area (Å²) in [4.78, 5) is 31.5. The van der Waals surface area contributed by atoms with Crippen LogP contribution in [0.15, 0.2) is 42.6 Å².